The van der Waals surface area contributed by atoms with Gasteiger partial charge >= 0.3 is 5.97 Å². The Morgan fingerprint density at radius 3 is 2.92 bits per heavy atom. The molecule has 0 aliphatic heterocycles. The van der Waals surface area contributed by atoms with Gasteiger partial charge in [0, 0.05) is 11.5 Å². The molecular weight excluding hydrogens is 176 g/mol. The van der Waals surface area contributed by atoms with E-state index in [-0.39, 0.29) is 12.6 Å². The largest absolute Gasteiger partial charge is 0.461 e. The molecule has 0 radical (unpaired) electrons. The fraction of sp³-hybridized carbons (Fsp3) is 0.500. The SMILES string of the molecule is C=CCOC(=O)CCSCC=O. The minimum absolute atomic E-state index is 0.242. The number of thioether (sulfide) groups is 1. The standard InChI is InChI=1S/C8H12O3S/c1-2-5-11-8(10)3-6-12-7-4-9/h2,4H,1,3,5-7H2. The van der Waals surface area contributed by atoms with E-state index in [0.717, 1.165) is 6.29 Å². The zero-order chi connectivity index (χ0) is 9.23. The number of ether oxygens (including phenoxy) is 1. The van der Waals surface area contributed by atoms with Crippen LogP contribution in [-0.2, 0) is 14.3 Å². The first-order valence-electron chi connectivity index (χ1n) is 3.59. The van der Waals surface area contributed by atoms with E-state index in [1.807, 2.05) is 0 Å². The van der Waals surface area contributed by atoms with Crippen molar-refractivity contribution in [1.29, 1.82) is 0 Å². The van der Waals surface area contributed by atoms with Gasteiger partial charge in [-0.1, -0.05) is 12.7 Å². The van der Waals surface area contributed by atoms with Crippen LogP contribution in [0.25, 0.3) is 0 Å². The molecule has 0 saturated heterocycles. The number of esters is 1. The van der Waals surface area contributed by atoms with Crippen molar-refractivity contribution in [3.8, 4) is 0 Å². The van der Waals surface area contributed by atoms with Crippen molar-refractivity contribution in [2.45, 2.75) is 6.42 Å². The van der Waals surface area contributed by atoms with Crippen LogP contribution in [0.4, 0.5) is 0 Å². The fourth-order valence-corrected chi connectivity index (χ4v) is 1.08. The van der Waals surface area contributed by atoms with E-state index in [1.165, 1.54) is 17.8 Å². The minimum atomic E-state index is -0.242. The van der Waals surface area contributed by atoms with Gasteiger partial charge in [0.25, 0.3) is 0 Å². The van der Waals surface area contributed by atoms with Crippen molar-refractivity contribution in [3.63, 3.8) is 0 Å². The molecule has 0 atom stereocenters. The van der Waals surface area contributed by atoms with Crippen LogP contribution < -0.4 is 0 Å². The maximum absolute atomic E-state index is 10.8. The number of hydrogen-bond acceptors (Lipinski definition) is 4. The quantitative estimate of drug-likeness (QED) is 0.259. The lowest BCUT2D eigenvalue weighted by Crippen LogP contribution is -2.05. The van der Waals surface area contributed by atoms with E-state index in [2.05, 4.69) is 6.58 Å². The smallest absolute Gasteiger partial charge is 0.306 e. The van der Waals surface area contributed by atoms with Crippen molar-refractivity contribution in [3.05, 3.63) is 12.7 Å². The van der Waals surface area contributed by atoms with Crippen LogP contribution in [0, 0.1) is 0 Å². The number of carbonyl (C=O) groups is 2. The van der Waals surface area contributed by atoms with Gasteiger partial charge in [-0.3, -0.25) is 4.79 Å². The molecule has 0 amide bonds. The van der Waals surface area contributed by atoms with Crippen LogP contribution in [0.3, 0.4) is 0 Å². The Morgan fingerprint density at radius 2 is 2.33 bits per heavy atom. The third kappa shape index (κ3) is 7.34. The zero-order valence-electron chi connectivity index (χ0n) is 6.82. The lowest BCUT2D eigenvalue weighted by atomic mass is 10.5. The number of hydrogen-bond donors (Lipinski definition) is 0. The van der Waals surface area contributed by atoms with E-state index in [1.54, 1.807) is 0 Å². The molecule has 4 heteroatoms. The second-order valence-electron chi connectivity index (χ2n) is 1.96. The number of aldehydes is 1. The summed E-state index contributed by atoms with van der Waals surface area (Å²) in [7, 11) is 0. The van der Waals surface area contributed by atoms with Gasteiger partial charge in [0.05, 0.1) is 6.42 Å². The molecule has 0 aromatic carbocycles. The lowest BCUT2D eigenvalue weighted by Gasteiger charge is -1.99. The summed E-state index contributed by atoms with van der Waals surface area (Å²) < 4.78 is 4.71. The molecule has 0 saturated carbocycles. The van der Waals surface area contributed by atoms with Gasteiger partial charge in [0.15, 0.2) is 0 Å². The van der Waals surface area contributed by atoms with Gasteiger partial charge in [-0.15, -0.1) is 0 Å². The van der Waals surface area contributed by atoms with Gasteiger partial charge in [-0.2, -0.15) is 11.8 Å². The molecule has 0 rings (SSSR count). The van der Waals surface area contributed by atoms with Crippen LogP contribution in [-0.4, -0.2) is 30.4 Å². The Kier molecular flexibility index (Phi) is 7.79. The average molecular weight is 188 g/mol. The minimum Gasteiger partial charge on any atom is -0.461 e. The van der Waals surface area contributed by atoms with E-state index in [4.69, 9.17) is 4.74 Å². The van der Waals surface area contributed by atoms with E-state index in [9.17, 15) is 9.59 Å². The molecule has 0 heterocycles. The van der Waals surface area contributed by atoms with Gasteiger partial charge in [-0.25, -0.2) is 0 Å². The number of rotatable bonds is 7. The predicted molar refractivity (Wildman–Crippen MR) is 49.2 cm³/mol. The third-order valence-electron chi connectivity index (χ3n) is 0.999. The van der Waals surface area contributed by atoms with Crippen LogP contribution >= 0.6 is 11.8 Å². The summed E-state index contributed by atoms with van der Waals surface area (Å²) in [4.78, 5) is 20.7. The molecule has 68 valence electrons. The highest BCUT2D eigenvalue weighted by Crippen LogP contribution is 2.00. The monoisotopic (exact) mass is 188 g/mol. The molecule has 0 aliphatic rings. The normalized spacial score (nSPS) is 9.00. The first kappa shape index (κ1) is 11.2. The van der Waals surface area contributed by atoms with Crippen LogP contribution in [0.15, 0.2) is 12.7 Å². The van der Waals surface area contributed by atoms with Gasteiger partial charge in [-0.05, 0) is 0 Å². The highest BCUT2D eigenvalue weighted by Gasteiger charge is 2.00. The van der Waals surface area contributed by atoms with Crippen molar-refractivity contribution >= 4 is 24.0 Å². The summed E-state index contributed by atoms with van der Waals surface area (Å²) in [6.07, 6.45) is 2.70. The summed E-state index contributed by atoms with van der Waals surface area (Å²) in [6, 6.07) is 0. The zero-order valence-corrected chi connectivity index (χ0v) is 7.64. The first-order chi connectivity index (χ1) is 5.81. The Balaban J connectivity index is 3.19. The molecular formula is C8H12O3S. The van der Waals surface area contributed by atoms with E-state index < -0.39 is 0 Å². The summed E-state index contributed by atoms with van der Waals surface area (Å²) >= 11 is 1.42. The van der Waals surface area contributed by atoms with Crippen molar-refractivity contribution in [1.82, 2.24) is 0 Å². The molecule has 0 aliphatic carbocycles. The molecule has 0 aromatic heterocycles. The molecule has 12 heavy (non-hydrogen) atoms. The summed E-state index contributed by atoms with van der Waals surface area (Å²) in [5.41, 5.74) is 0. The summed E-state index contributed by atoms with van der Waals surface area (Å²) in [6.45, 7) is 3.67. The Morgan fingerprint density at radius 1 is 1.58 bits per heavy atom. The van der Waals surface area contributed by atoms with Gasteiger partial charge < -0.3 is 9.53 Å². The summed E-state index contributed by atoms with van der Waals surface area (Å²) in [5.74, 6) is 0.831. The molecule has 0 fully saturated rings. The Hall–Kier alpha value is -0.770. The van der Waals surface area contributed by atoms with Crippen LogP contribution in [0.5, 0.6) is 0 Å². The average Bonchev–Trinajstić information content (AvgIpc) is 2.09. The highest BCUT2D eigenvalue weighted by molar-refractivity contribution is 7.99. The second-order valence-corrected chi connectivity index (χ2v) is 3.11. The topological polar surface area (TPSA) is 43.4 Å². The molecule has 0 aromatic rings. The molecule has 0 N–H and O–H groups in total. The van der Waals surface area contributed by atoms with Crippen molar-refractivity contribution in [2.75, 3.05) is 18.1 Å². The van der Waals surface area contributed by atoms with E-state index in [0.29, 0.717) is 17.9 Å². The van der Waals surface area contributed by atoms with Gasteiger partial charge in [0.1, 0.15) is 12.9 Å². The first-order valence-corrected chi connectivity index (χ1v) is 4.74. The van der Waals surface area contributed by atoms with Gasteiger partial charge in [0.2, 0.25) is 0 Å². The van der Waals surface area contributed by atoms with Crippen molar-refractivity contribution < 1.29 is 14.3 Å². The van der Waals surface area contributed by atoms with Crippen LogP contribution in [0.1, 0.15) is 6.42 Å². The van der Waals surface area contributed by atoms with E-state index >= 15 is 0 Å². The predicted octanol–water partition coefficient (Wildman–Crippen LogP) is 1.04. The third-order valence-corrected chi connectivity index (χ3v) is 1.86. The maximum atomic E-state index is 10.8. The molecule has 3 nitrogen and oxygen atoms in total. The van der Waals surface area contributed by atoms with Crippen LogP contribution in [0.2, 0.25) is 0 Å². The molecule has 0 unspecified atom stereocenters. The van der Waals surface area contributed by atoms with Crippen molar-refractivity contribution in [2.24, 2.45) is 0 Å². The maximum Gasteiger partial charge on any atom is 0.306 e. The second kappa shape index (κ2) is 8.33. The summed E-state index contributed by atoms with van der Waals surface area (Å²) in [5, 5.41) is 0. The molecule has 0 spiro atoms. The lowest BCUT2D eigenvalue weighted by molar-refractivity contribution is -0.141. The Labute approximate surface area is 76.2 Å². The number of carbonyl (C=O) groups excluding carboxylic acids is 2. The highest BCUT2D eigenvalue weighted by atomic mass is 32.2. The fourth-order valence-electron chi connectivity index (χ4n) is 0.511. The molecule has 0 bridgehead atoms. The Bertz CT molecular complexity index is 156.